The van der Waals surface area contributed by atoms with Crippen LogP contribution in [0.15, 0.2) is 12.3 Å². The van der Waals surface area contributed by atoms with Crippen LogP contribution in [0.2, 0.25) is 0 Å². The molecule has 0 saturated heterocycles. The normalized spacial score (nSPS) is 14.7. The Morgan fingerprint density at radius 1 is 1.60 bits per heavy atom. The van der Waals surface area contributed by atoms with E-state index in [9.17, 15) is 9.59 Å². The van der Waals surface area contributed by atoms with E-state index in [0.29, 0.717) is 6.29 Å². The third-order valence-electron chi connectivity index (χ3n) is 2.06. The van der Waals surface area contributed by atoms with Gasteiger partial charge in [0.1, 0.15) is 17.0 Å². The van der Waals surface area contributed by atoms with Crippen LogP contribution in [0.4, 0.5) is 0 Å². The van der Waals surface area contributed by atoms with Crippen molar-refractivity contribution in [1.82, 2.24) is 4.98 Å². The second kappa shape index (κ2) is 3.68. The average molecular weight is 207 g/mol. The van der Waals surface area contributed by atoms with Crippen molar-refractivity contribution in [3.8, 4) is 5.75 Å². The van der Waals surface area contributed by atoms with Crippen molar-refractivity contribution < 1.29 is 19.4 Å². The predicted molar refractivity (Wildman–Crippen MR) is 50.2 cm³/mol. The number of carbonyl (C=O) groups excluding carboxylic acids is 1. The van der Waals surface area contributed by atoms with Gasteiger partial charge in [0.05, 0.1) is 6.10 Å². The Hall–Kier alpha value is -1.91. The van der Waals surface area contributed by atoms with Crippen molar-refractivity contribution in [1.29, 1.82) is 0 Å². The largest absolute Gasteiger partial charge is 0.489 e. The van der Waals surface area contributed by atoms with E-state index in [0.717, 1.165) is 19.0 Å². The molecule has 1 aromatic heterocycles. The van der Waals surface area contributed by atoms with Gasteiger partial charge in [-0.3, -0.25) is 9.78 Å². The molecule has 2 rings (SSSR count). The maximum Gasteiger partial charge on any atom is 0.341 e. The summed E-state index contributed by atoms with van der Waals surface area (Å²) in [6.45, 7) is 0. The number of aldehydes is 1. The lowest BCUT2D eigenvalue weighted by atomic mass is 10.2. The second-order valence-electron chi connectivity index (χ2n) is 3.35. The quantitative estimate of drug-likeness (QED) is 0.749. The van der Waals surface area contributed by atoms with Gasteiger partial charge in [0.2, 0.25) is 0 Å². The van der Waals surface area contributed by atoms with E-state index in [4.69, 9.17) is 9.84 Å². The Labute approximate surface area is 85.7 Å². The molecule has 78 valence electrons. The summed E-state index contributed by atoms with van der Waals surface area (Å²) in [5.74, 6) is -0.877. The Kier molecular flexibility index (Phi) is 2.37. The van der Waals surface area contributed by atoms with Crippen LogP contribution < -0.4 is 4.74 Å². The fourth-order valence-electron chi connectivity index (χ4n) is 1.14. The molecule has 1 N–H and O–H groups in total. The molecule has 0 aromatic carbocycles. The number of carbonyl (C=O) groups is 2. The summed E-state index contributed by atoms with van der Waals surface area (Å²) in [6.07, 6.45) is 3.65. The van der Waals surface area contributed by atoms with E-state index in [2.05, 4.69) is 4.98 Å². The molecular formula is C10H9NO4. The zero-order valence-electron chi connectivity index (χ0n) is 7.84. The summed E-state index contributed by atoms with van der Waals surface area (Å²) in [5.41, 5.74) is 0.170. The first kappa shape index (κ1) is 9.64. The number of aromatic nitrogens is 1. The van der Waals surface area contributed by atoms with E-state index in [1.807, 2.05) is 0 Å². The first-order chi connectivity index (χ1) is 7.20. The molecule has 5 nitrogen and oxygen atoms in total. The highest BCUT2D eigenvalue weighted by Crippen LogP contribution is 2.29. The lowest BCUT2D eigenvalue weighted by molar-refractivity contribution is 0.0691. The maximum absolute atomic E-state index is 10.8. The molecule has 1 heterocycles. The smallest absolute Gasteiger partial charge is 0.341 e. The molecule has 0 unspecified atom stereocenters. The van der Waals surface area contributed by atoms with Crippen LogP contribution >= 0.6 is 0 Å². The lowest BCUT2D eigenvalue weighted by Crippen LogP contribution is -2.06. The fourth-order valence-corrected chi connectivity index (χ4v) is 1.14. The number of aromatic carboxylic acids is 1. The number of hydrogen-bond acceptors (Lipinski definition) is 4. The Balaban J connectivity index is 2.34. The highest BCUT2D eigenvalue weighted by atomic mass is 16.5. The van der Waals surface area contributed by atoms with Gasteiger partial charge in [-0.25, -0.2) is 4.79 Å². The van der Waals surface area contributed by atoms with Crippen LogP contribution in [-0.4, -0.2) is 28.4 Å². The molecule has 1 aliphatic rings. The highest BCUT2D eigenvalue weighted by molar-refractivity contribution is 5.91. The average Bonchev–Trinajstić information content (AvgIpc) is 3.01. The van der Waals surface area contributed by atoms with Crippen molar-refractivity contribution in [2.75, 3.05) is 0 Å². The van der Waals surface area contributed by atoms with Crippen LogP contribution in [-0.2, 0) is 0 Å². The van der Waals surface area contributed by atoms with Crippen molar-refractivity contribution >= 4 is 12.3 Å². The molecule has 0 radical (unpaired) electrons. The highest BCUT2D eigenvalue weighted by Gasteiger charge is 2.26. The molecule has 5 heteroatoms. The third-order valence-corrected chi connectivity index (χ3v) is 2.06. The molecule has 0 amide bonds. The number of rotatable bonds is 4. The van der Waals surface area contributed by atoms with E-state index < -0.39 is 5.97 Å². The standard InChI is InChI=1S/C10H9NO4/c12-5-6-3-9(15-7-1-2-7)8(4-11-6)10(13)14/h3-5,7H,1-2H2,(H,13,14). The van der Waals surface area contributed by atoms with Crippen molar-refractivity contribution in [2.45, 2.75) is 18.9 Å². The number of hydrogen-bond donors (Lipinski definition) is 1. The van der Waals surface area contributed by atoms with Gasteiger partial charge in [0, 0.05) is 12.3 Å². The monoisotopic (exact) mass is 207 g/mol. The van der Waals surface area contributed by atoms with Crippen LogP contribution in [0.5, 0.6) is 5.75 Å². The molecule has 1 fully saturated rings. The topological polar surface area (TPSA) is 76.5 Å². The van der Waals surface area contributed by atoms with E-state index in [1.165, 1.54) is 6.07 Å². The molecule has 1 aliphatic carbocycles. The van der Waals surface area contributed by atoms with Crippen LogP contribution in [0.3, 0.4) is 0 Å². The fraction of sp³-hybridized carbons (Fsp3) is 0.300. The summed E-state index contributed by atoms with van der Waals surface area (Å²) >= 11 is 0. The third kappa shape index (κ3) is 2.12. The molecule has 15 heavy (non-hydrogen) atoms. The van der Waals surface area contributed by atoms with E-state index in [-0.39, 0.29) is 23.1 Å². The van der Waals surface area contributed by atoms with Crippen LogP contribution in [0, 0.1) is 0 Å². The zero-order valence-corrected chi connectivity index (χ0v) is 7.84. The van der Waals surface area contributed by atoms with E-state index in [1.54, 1.807) is 0 Å². The van der Waals surface area contributed by atoms with Gasteiger partial charge in [-0.1, -0.05) is 0 Å². The lowest BCUT2D eigenvalue weighted by Gasteiger charge is -2.07. The first-order valence-corrected chi connectivity index (χ1v) is 4.56. The van der Waals surface area contributed by atoms with Crippen molar-refractivity contribution in [3.63, 3.8) is 0 Å². The molecule has 0 aliphatic heterocycles. The molecule has 0 spiro atoms. The van der Waals surface area contributed by atoms with Gasteiger partial charge in [-0.15, -0.1) is 0 Å². The van der Waals surface area contributed by atoms with Gasteiger partial charge >= 0.3 is 5.97 Å². The zero-order chi connectivity index (χ0) is 10.8. The number of nitrogens with zero attached hydrogens (tertiary/aromatic N) is 1. The number of ether oxygens (including phenoxy) is 1. The SMILES string of the molecule is O=Cc1cc(OC2CC2)c(C(=O)O)cn1. The number of pyridine rings is 1. The Morgan fingerprint density at radius 2 is 2.33 bits per heavy atom. The number of carboxylic acid groups (broad SMARTS) is 1. The molecule has 0 atom stereocenters. The molecule has 0 bridgehead atoms. The van der Waals surface area contributed by atoms with Gasteiger partial charge in [0.25, 0.3) is 0 Å². The second-order valence-corrected chi connectivity index (χ2v) is 3.35. The van der Waals surface area contributed by atoms with Gasteiger partial charge < -0.3 is 9.84 Å². The van der Waals surface area contributed by atoms with Gasteiger partial charge in [0.15, 0.2) is 6.29 Å². The minimum Gasteiger partial charge on any atom is -0.489 e. The van der Waals surface area contributed by atoms with Crippen molar-refractivity contribution in [2.24, 2.45) is 0 Å². The molecule has 1 aromatic rings. The van der Waals surface area contributed by atoms with Gasteiger partial charge in [-0.05, 0) is 12.8 Å². The molecule has 1 saturated carbocycles. The summed E-state index contributed by atoms with van der Waals surface area (Å²) < 4.78 is 5.38. The minimum atomic E-state index is -1.10. The van der Waals surface area contributed by atoms with E-state index >= 15 is 0 Å². The predicted octanol–water partition coefficient (Wildman–Crippen LogP) is 1.13. The summed E-state index contributed by atoms with van der Waals surface area (Å²) in [7, 11) is 0. The Morgan fingerprint density at radius 3 is 2.87 bits per heavy atom. The van der Waals surface area contributed by atoms with Crippen molar-refractivity contribution in [3.05, 3.63) is 23.5 Å². The van der Waals surface area contributed by atoms with Crippen LogP contribution in [0.25, 0.3) is 0 Å². The number of carboxylic acids is 1. The van der Waals surface area contributed by atoms with Gasteiger partial charge in [-0.2, -0.15) is 0 Å². The van der Waals surface area contributed by atoms with Crippen LogP contribution in [0.1, 0.15) is 33.7 Å². The summed E-state index contributed by atoms with van der Waals surface area (Å²) in [5, 5.41) is 8.85. The maximum atomic E-state index is 10.8. The molecular weight excluding hydrogens is 198 g/mol. The minimum absolute atomic E-state index is 0.00694. The first-order valence-electron chi connectivity index (χ1n) is 4.56. The Bertz CT molecular complexity index is 412. The summed E-state index contributed by atoms with van der Waals surface area (Å²) in [4.78, 5) is 25.0. The summed E-state index contributed by atoms with van der Waals surface area (Å²) in [6, 6.07) is 1.36.